The minimum Gasteiger partial charge on any atom is -0.246 e. The lowest BCUT2D eigenvalue weighted by molar-refractivity contribution is 0.615. The fraction of sp³-hybridized carbons (Fsp3) is 0.250. The third-order valence-electron chi connectivity index (χ3n) is 1.87. The summed E-state index contributed by atoms with van der Waals surface area (Å²) in [5, 5.41) is 0.210. The zero-order chi connectivity index (χ0) is 9.42. The van der Waals surface area contributed by atoms with Gasteiger partial charge in [0, 0.05) is 16.6 Å². The van der Waals surface area contributed by atoms with E-state index in [1.807, 2.05) is 0 Å². The van der Waals surface area contributed by atoms with E-state index in [1.165, 1.54) is 12.2 Å². The first-order chi connectivity index (χ1) is 6.16. The van der Waals surface area contributed by atoms with Crippen LogP contribution in [0, 0.1) is 5.92 Å². The molecule has 2 nitrogen and oxygen atoms in total. The quantitative estimate of drug-likeness (QED) is 0.601. The molecular weight excluding hydrogens is 258 g/mol. The number of hydrogen-bond donors (Lipinski definition) is 0. The van der Waals surface area contributed by atoms with Crippen LogP contribution in [0.3, 0.4) is 0 Å². The van der Waals surface area contributed by atoms with Crippen LogP contribution in [0.25, 0.3) is 0 Å². The van der Waals surface area contributed by atoms with Gasteiger partial charge in [-0.05, 0) is 23.8 Å². The summed E-state index contributed by atoms with van der Waals surface area (Å²) in [5.41, 5.74) is 0. The van der Waals surface area contributed by atoms with E-state index in [9.17, 15) is 4.39 Å². The van der Waals surface area contributed by atoms with Crippen LogP contribution in [0.15, 0.2) is 32.4 Å². The van der Waals surface area contributed by atoms with Crippen molar-refractivity contribution in [2.75, 3.05) is 0 Å². The SMILES string of the molecule is FC1=CC2C=NC(Cl)=NC2C(Br)=C1. The van der Waals surface area contributed by atoms with Crippen LogP contribution < -0.4 is 0 Å². The second kappa shape index (κ2) is 3.35. The zero-order valence-corrected chi connectivity index (χ0v) is 8.76. The van der Waals surface area contributed by atoms with Crippen molar-refractivity contribution in [3.8, 4) is 0 Å². The molecule has 0 spiro atoms. The summed E-state index contributed by atoms with van der Waals surface area (Å²) in [7, 11) is 0. The molecule has 13 heavy (non-hydrogen) atoms. The first-order valence-corrected chi connectivity index (χ1v) is 4.86. The van der Waals surface area contributed by atoms with Gasteiger partial charge in [-0.25, -0.2) is 14.4 Å². The van der Waals surface area contributed by atoms with Crippen LogP contribution in [0.1, 0.15) is 0 Å². The smallest absolute Gasteiger partial charge is 0.218 e. The van der Waals surface area contributed by atoms with E-state index in [-0.39, 0.29) is 23.1 Å². The highest BCUT2D eigenvalue weighted by Gasteiger charge is 2.27. The van der Waals surface area contributed by atoms with Crippen molar-refractivity contribution in [1.29, 1.82) is 0 Å². The molecule has 2 aliphatic rings. The third-order valence-corrected chi connectivity index (χ3v) is 2.77. The predicted molar refractivity (Wildman–Crippen MR) is 55.3 cm³/mol. The van der Waals surface area contributed by atoms with E-state index in [1.54, 1.807) is 6.21 Å². The fourth-order valence-corrected chi connectivity index (χ4v) is 2.08. The molecule has 2 atom stereocenters. The van der Waals surface area contributed by atoms with Crippen LogP contribution >= 0.6 is 27.5 Å². The molecule has 1 aliphatic heterocycles. The largest absolute Gasteiger partial charge is 0.246 e. The van der Waals surface area contributed by atoms with Crippen LogP contribution in [-0.4, -0.2) is 17.6 Å². The molecule has 1 aliphatic carbocycles. The highest BCUT2D eigenvalue weighted by molar-refractivity contribution is 9.11. The minimum atomic E-state index is -0.271. The van der Waals surface area contributed by atoms with Gasteiger partial charge >= 0.3 is 0 Å². The Morgan fingerprint density at radius 3 is 3.08 bits per heavy atom. The Bertz CT molecular complexity index is 359. The van der Waals surface area contributed by atoms with Crippen LogP contribution in [0.4, 0.5) is 4.39 Å². The van der Waals surface area contributed by atoms with E-state index in [0.29, 0.717) is 4.48 Å². The summed E-state index contributed by atoms with van der Waals surface area (Å²) < 4.78 is 13.6. The first-order valence-electron chi connectivity index (χ1n) is 3.69. The van der Waals surface area contributed by atoms with Crippen LogP contribution in [0.5, 0.6) is 0 Å². The maximum Gasteiger partial charge on any atom is 0.218 e. The minimum absolute atomic E-state index is 0.123. The number of allylic oxidation sites excluding steroid dienone is 2. The van der Waals surface area contributed by atoms with Gasteiger partial charge in [0.25, 0.3) is 0 Å². The van der Waals surface area contributed by atoms with E-state index >= 15 is 0 Å². The van der Waals surface area contributed by atoms with Gasteiger partial charge in [-0.15, -0.1) is 0 Å². The summed E-state index contributed by atoms with van der Waals surface area (Å²) in [5.74, 6) is -0.394. The van der Waals surface area contributed by atoms with Gasteiger partial charge in [-0.2, -0.15) is 0 Å². The zero-order valence-electron chi connectivity index (χ0n) is 6.42. The number of halogens is 3. The Balaban J connectivity index is 2.37. The maximum absolute atomic E-state index is 12.9. The normalized spacial score (nSPS) is 31.8. The van der Waals surface area contributed by atoms with E-state index in [0.717, 1.165) is 0 Å². The number of nitrogens with zero attached hydrogens (tertiary/aromatic N) is 2. The highest BCUT2D eigenvalue weighted by atomic mass is 79.9. The Morgan fingerprint density at radius 1 is 1.54 bits per heavy atom. The standard InChI is InChI=1S/C8H5BrClFN2/c9-6-2-5(11)1-4-3-12-8(10)13-7(4)6/h1-4,7H. The van der Waals surface area contributed by atoms with Crippen LogP contribution in [-0.2, 0) is 0 Å². The second-order valence-electron chi connectivity index (χ2n) is 2.78. The summed E-state index contributed by atoms with van der Waals surface area (Å²) in [6.45, 7) is 0. The maximum atomic E-state index is 12.9. The molecule has 68 valence electrons. The Labute approximate surface area is 88.0 Å². The molecule has 0 bridgehead atoms. The number of hydrogen-bond acceptors (Lipinski definition) is 2. The number of amidine groups is 1. The number of aliphatic imine (C=N–C) groups is 2. The average Bonchev–Trinajstić information content (AvgIpc) is 2.06. The molecule has 0 saturated carbocycles. The van der Waals surface area contributed by atoms with Crippen molar-refractivity contribution < 1.29 is 4.39 Å². The molecule has 0 radical (unpaired) electrons. The topological polar surface area (TPSA) is 24.7 Å². The summed E-state index contributed by atoms with van der Waals surface area (Å²) >= 11 is 8.88. The van der Waals surface area contributed by atoms with Crippen LogP contribution in [0.2, 0.25) is 0 Å². The number of rotatable bonds is 0. The predicted octanol–water partition coefficient (Wildman–Crippen LogP) is 2.80. The Morgan fingerprint density at radius 2 is 2.31 bits per heavy atom. The molecule has 0 aromatic carbocycles. The molecule has 0 aromatic heterocycles. The summed E-state index contributed by atoms with van der Waals surface area (Å²) in [6.07, 6.45) is 4.48. The van der Waals surface area contributed by atoms with Gasteiger partial charge in [-0.3, -0.25) is 0 Å². The average molecular weight is 263 g/mol. The first kappa shape index (κ1) is 9.09. The molecule has 5 heteroatoms. The molecule has 0 aromatic rings. The van der Waals surface area contributed by atoms with Gasteiger partial charge in [0.2, 0.25) is 5.29 Å². The monoisotopic (exact) mass is 262 g/mol. The van der Waals surface area contributed by atoms with Crippen molar-refractivity contribution in [3.63, 3.8) is 0 Å². The van der Waals surface area contributed by atoms with Crippen molar-refractivity contribution in [3.05, 3.63) is 22.5 Å². The third kappa shape index (κ3) is 1.74. The Hall–Kier alpha value is -0.480. The molecular formula is C8H5BrClFN2. The fourth-order valence-electron chi connectivity index (χ4n) is 1.29. The van der Waals surface area contributed by atoms with E-state index in [2.05, 4.69) is 25.9 Å². The summed E-state index contributed by atoms with van der Waals surface area (Å²) in [6, 6.07) is -0.149. The highest BCUT2D eigenvalue weighted by Crippen LogP contribution is 2.31. The molecule has 2 unspecified atom stereocenters. The number of fused-ring (bicyclic) bond motifs is 1. The molecule has 1 heterocycles. The summed E-state index contributed by atoms with van der Waals surface area (Å²) in [4.78, 5) is 7.89. The lowest BCUT2D eigenvalue weighted by atomic mass is 9.96. The van der Waals surface area contributed by atoms with E-state index in [4.69, 9.17) is 11.6 Å². The molecule has 0 N–H and O–H groups in total. The molecule has 0 saturated heterocycles. The van der Waals surface area contributed by atoms with Crippen molar-refractivity contribution in [2.45, 2.75) is 6.04 Å². The Kier molecular flexibility index (Phi) is 2.34. The van der Waals surface area contributed by atoms with Gasteiger partial charge in [-0.1, -0.05) is 15.9 Å². The van der Waals surface area contributed by atoms with Gasteiger partial charge in [0.15, 0.2) is 0 Å². The van der Waals surface area contributed by atoms with Gasteiger partial charge in [0.1, 0.15) is 5.83 Å². The van der Waals surface area contributed by atoms with Gasteiger partial charge in [0.05, 0.1) is 6.04 Å². The van der Waals surface area contributed by atoms with E-state index < -0.39 is 0 Å². The van der Waals surface area contributed by atoms with Crippen molar-refractivity contribution >= 4 is 39.0 Å². The van der Waals surface area contributed by atoms with Crippen molar-refractivity contribution in [1.82, 2.24) is 0 Å². The molecule has 0 amide bonds. The second-order valence-corrected chi connectivity index (χ2v) is 4.03. The molecule has 2 rings (SSSR count). The lowest BCUT2D eigenvalue weighted by Crippen LogP contribution is -2.25. The van der Waals surface area contributed by atoms with Gasteiger partial charge < -0.3 is 0 Å². The van der Waals surface area contributed by atoms with Crippen molar-refractivity contribution in [2.24, 2.45) is 15.9 Å². The lowest BCUT2D eigenvalue weighted by Gasteiger charge is -2.23. The molecule has 0 fully saturated rings.